The third-order valence-electron chi connectivity index (χ3n) is 12.1. The van der Waals surface area contributed by atoms with Crippen molar-refractivity contribution in [1.29, 1.82) is 0 Å². The van der Waals surface area contributed by atoms with Gasteiger partial charge in [-0.1, -0.05) is 146 Å². The molecule has 12 rings (SSSR count). The first-order chi connectivity index (χ1) is 29.7. The summed E-state index contributed by atoms with van der Waals surface area (Å²) in [4.78, 5) is 10.9. The average Bonchev–Trinajstić information content (AvgIpc) is 3.94. The number of allylic oxidation sites excluding steroid dienone is 1. The fraction of sp³-hybridized carbons (Fsp3) is 0.0545. The molecule has 11 aromatic rings. The summed E-state index contributed by atoms with van der Waals surface area (Å²) < 4.78 is 7.64. The smallest absolute Gasteiger partial charge is 0.160 e. The molecule has 3 aromatic heterocycles. The van der Waals surface area contributed by atoms with Crippen LogP contribution in [0.5, 0.6) is 0 Å². The predicted octanol–water partition coefficient (Wildman–Crippen LogP) is 15.6. The summed E-state index contributed by atoms with van der Waals surface area (Å²) in [6, 6.07) is 66.1. The van der Waals surface area contributed by atoms with Gasteiger partial charge in [-0.15, -0.1) is 22.7 Å². The number of benzene rings is 8. The quantitative estimate of drug-likeness (QED) is 0.160. The van der Waals surface area contributed by atoms with Gasteiger partial charge in [0.05, 0.1) is 22.4 Å². The summed E-state index contributed by atoms with van der Waals surface area (Å²) >= 11 is 3.72. The number of nitrogens with zero attached hydrogens (tertiary/aromatic N) is 3. The van der Waals surface area contributed by atoms with Gasteiger partial charge in [0.15, 0.2) is 5.84 Å². The lowest BCUT2D eigenvalue weighted by atomic mass is 9.96. The third-order valence-corrected chi connectivity index (χ3v) is 14.5. The number of para-hydroxylation sites is 1. The molecule has 0 atom stereocenters. The maximum atomic E-state index is 5.47. The van der Waals surface area contributed by atoms with Crippen LogP contribution in [0.1, 0.15) is 36.5 Å². The molecule has 0 saturated heterocycles. The van der Waals surface area contributed by atoms with Crippen LogP contribution in [0.4, 0.5) is 0 Å². The summed E-state index contributed by atoms with van der Waals surface area (Å²) in [6.45, 7) is 2.25. The Morgan fingerprint density at radius 3 is 1.97 bits per heavy atom. The Kier molecular flexibility index (Phi) is 8.25. The van der Waals surface area contributed by atoms with Crippen molar-refractivity contribution in [2.24, 2.45) is 9.98 Å². The van der Waals surface area contributed by atoms with Gasteiger partial charge in [0.1, 0.15) is 0 Å². The van der Waals surface area contributed by atoms with Crippen LogP contribution < -0.4 is 0 Å². The van der Waals surface area contributed by atoms with E-state index in [0.717, 1.165) is 40.5 Å². The fourth-order valence-corrected chi connectivity index (χ4v) is 11.6. The highest BCUT2D eigenvalue weighted by molar-refractivity contribution is 7.26. The van der Waals surface area contributed by atoms with Gasteiger partial charge >= 0.3 is 0 Å². The number of hydrogen-bond acceptors (Lipinski definition) is 4. The zero-order valence-electron chi connectivity index (χ0n) is 32.9. The van der Waals surface area contributed by atoms with E-state index in [1.54, 1.807) is 0 Å². The maximum absolute atomic E-state index is 5.47. The molecule has 0 fully saturated rings. The van der Waals surface area contributed by atoms with E-state index in [4.69, 9.17) is 9.98 Å². The summed E-state index contributed by atoms with van der Waals surface area (Å²) in [5, 5.41) is 7.72. The van der Waals surface area contributed by atoms with Crippen molar-refractivity contribution >= 4 is 102 Å². The third kappa shape index (κ3) is 5.61. The number of rotatable bonds is 6. The first-order valence-electron chi connectivity index (χ1n) is 20.6. The van der Waals surface area contributed by atoms with Gasteiger partial charge in [0.25, 0.3) is 0 Å². The second kappa shape index (κ2) is 14.1. The van der Waals surface area contributed by atoms with Crippen molar-refractivity contribution in [3.05, 3.63) is 204 Å². The lowest BCUT2D eigenvalue weighted by Crippen LogP contribution is -2.06. The summed E-state index contributed by atoms with van der Waals surface area (Å²) in [7, 11) is 0. The van der Waals surface area contributed by atoms with Gasteiger partial charge < -0.3 is 4.57 Å². The van der Waals surface area contributed by atoms with Crippen molar-refractivity contribution in [3.63, 3.8) is 0 Å². The lowest BCUT2D eigenvalue weighted by Gasteiger charge is -2.13. The standard InChI is InChI=1S/C55H37N3S2/c1-2-34-32-46(56-55(36-14-4-3-5-15-36)57-53(34)45-21-12-20-43-42-17-7-10-23-49(42)60-54(43)45)35-26-29-38(30-27-35)58-47-22-9-6-16-40(47)41-31-28-37(33-48(41)58)39-19-13-25-51-52(39)44-18-8-11-24-50(44)59-51/h3-31,33H,2,32H2,1H3. The predicted molar refractivity (Wildman–Crippen MR) is 260 cm³/mol. The van der Waals surface area contributed by atoms with E-state index in [2.05, 4.69) is 193 Å². The van der Waals surface area contributed by atoms with Crippen molar-refractivity contribution in [2.75, 3.05) is 0 Å². The topological polar surface area (TPSA) is 29.6 Å². The Bertz CT molecular complexity index is 3600. The summed E-state index contributed by atoms with van der Waals surface area (Å²) in [5.74, 6) is 0.745. The van der Waals surface area contributed by atoms with Crippen LogP contribution in [0.15, 0.2) is 198 Å². The van der Waals surface area contributed by atoms with Gasteiger partial charge in [-0.2, -0.15) is 0 Å². The van der Waals surface area contributed by atoms with Crippen molar-refractivity contribution in [3.8, 4) is 16.8 Å². The Hall–Kier alpha value is -6.92. The lowest BCUT2D eigenvalue weighted by molar-refractivity contribution is 1.05. The average molecular weight is 804 g/mol. The zero-order valence-corrected chi connectivity index (χ0v) is 34.5. The van der Waals surface area contributed by atoms with Crippen molar-refractivity contribution in [1.82, 2.24) is 4.57 Å². The largest absolute Gasteiger partial charge is 0.309 e. The van der Waals surface area contributed by atoms with Gasteiger partial charge in [0.2, 0.25) is 0 Å². The van der Waals surface area contributed by atoms with Gasteiger partial charge in [0, 0.05) is 74.4 Å². The van der Waals surface area contributed by atoms with Gasteiger partial charge in [-0.3, -0.25) is 0 Å². The monoisotopic (exact) mass is 803 g/mol. The molecule has 284 valence electrons. The normalized spacial score (nSPS) is 13.6. The number of amidine groups is 1. The second-order valence-corrected chi connectivity index (χ2v) is 17.7. The number of aromatic nitrogens is 1. The molecular formula is C55H37N3S2. The molecule has 5 heteroatoms. The van der Waals surface area contributed by atoms with E-state index >= 15 is 0 Å². The molecule has 0 unspecified atom stereocenters. The van der Waals surface area contributed by atoms with Crippen LogP contribution in [0.2, 0.25) is 0 Å². The van der Waals surface area contributed by atoms with Crippen molar-refractivity contribution < 1.29 is 0 Å². The SMILES string of the molecule is CCC1=C(c2cccc3c2sc2ccccc23)N=C(c2ccccc2)N=C(c2ccc(-n3c4ccccc4c4ccc(-c5cccc6sc7ccccc7c56)cc43)cc2)C1. The van der Waals surface area contributed by atoms with Crippen LogP contribution in [-0.2, 0) is 0 Å². The molecule has 0 N–H and O–H groups in total. The van der Waals surface area contributed by atoms with Crippen LogP contribution in [-0.4, -0.2) is 16.1 Å². The Balaban J connectivity index is 0.989. The number of thiophene rings is 2. The highest BCUT2D eigenvalue weighted by Crippen LogP contribution is 2.43. The molecule has 60 heavy (non-hydrogen) atoms. The number of hydrogen-bond donors (Lipinski definition) is 0. The number of fused-ring (bicyclic) bond motifs is 9. The minimum absolute atomic E-state index is 0.716. The first kappa shape index (κ1) is 35.1. The van der Waals surface area contributed by atoms with Crippen LogP contribution in [0.25, 0.3) is 84.7 Å². The van der Waals surface area contributed by atoms with Crippen LogP contribution >= 0.6 is 22.7 Å². The van der Waals surface area contributed by atoms with Crippen molar-refractivity contribution in [2.45, 2.75) is 19.8 Å². The van der Waals surface area contributed by atoms with E-state index in [9.17, 15) is 0 Å². The van der Waals surface area contributed by atoms with Gasteiger partial charge in [-0.25, -0.2) is 9.98 Å². The molecule has 0 saturated carbocycles. The Morgan fingerprint density at radius 2 is 1.13 bits per heavy atom. The first-order valence-corrected chi connectivity index (χ1v) is 22.2. The molecule has 4 heterocycles. The zero-order chi connectivity index (χ0) is 39.7. The maximum Gasteiger partial charge on any atom is 0.160 e. The molecule has 0 spiro atoms. The minimum atomic E-state index is 0.716. The van der Waals surface area contributed by atoms with E-state index < -0.39 is 0 Å². The molecular weight excluding hydrogens is 767 g/mol. The molecule has 8 aromatic carbocycles. The van der Waals surface area contributed by atoms with E-state index in [1.165, 1.54) is 84.4 Å². The van der Waals surface area contributed by atoms with Gasteiger partial charge in [-0.05, 0) is 71.1 Å². The Labute approximate surface area is 355 Å². The molecule has 0 aliphatic carbocycles. The Morgan fingerprint density at radius 1 is 0.483 bits per heavy atom. The highest BCUT2D eigenvalue weighted by Gasteiger charge is 2.22. The van der Waals surface area contributed by atoms with E-state index in [1.807, 2.05) is 22.7 Å². The highest BCUT2D eigenvalue weighted by atomic mass is 32.1. The van der Waals surface area contributed by atoms with Crippen LogP contribution in [0, 0.1) is 0 Å². The fourth-order valence-electron chi connectivity index (χ4n) is 9.26. The summed E-state index contributed by atoms with van der Waals surface area (Å²) in [6.07, 6.45) is 1.59. The number of aliphatic imine (C=N–C) groups is 2. The molecule has 3 nitrogen and oxygen atoms in total. The molecule has 0 bridgehead atoms. The molecule has 0 radical (unpaired) electrons. The molecule has 1 aliphatic heterocycles. The van der Waals surface area contributed by atoms with E-state index in [-0.39, 0.29) is 0 Å². The van der Waals surface area contributed by atoms with E-state index in [0.29, 0.717) is 6.42 Å². The molecule has 1 aliphatic rings. The van der Waals surface area contributed by atoms with Crippen LogP contribution in [0.3, 0.4) is 0 Å². The second-order valence-electron chi connectivity index (χ2n) is 15.5. The minimum Gasteiger partial charge on any atom is -0.309 e. The summed E-state index contributed by atoms with van der Waals surface area (Å²) in [5.41, 5.74) is 12.6. The molecule has 0 amide bonds.